The van der Waals surface area contributed by atoms with E-state index in [1.54, 1.807) is 0 Å². The van der Waals surface area contributed by atoms with Crippen molar-refractivity contribution in [3.63, 3.8) is 0 Å². The van der Waals surface area contributed by atoms with Crippen molar-refractivity contribution in [1.82, 2.24) is 15.2 Å². The second kappa shape index (κ2) is 5.19. The molecule has 18 heavy (non-hydrogen) atoms. The number of hydrogen-bond acceptors (Lipinski definition) is 3. The van der Waals surface area contributed by atoms with Crippen LogP contribution in [0.3, 0.4) is 0 Å². The fourth-order valence-electron chi connectivity index (χ4n) is 2.45. The first-order valence-corrected chi connectivity index (χ1v) is 7.69. The van der Waals surface area contributed by atoms with Crippen LogP contribution in [0.15, 0.2) is 6.07 Å². The van der Waals surface area contributed by atoms with Crippen molar-refractivity contribution >= 4 is 34.5 Å². The van der Waals surface area contributed by atoms with Gasteiger partial charge in [0.1, 0.15) is 10.2 Å². The highest BCUT2D eigenvalue weighted by atomic mass is 35.5. The minimum absolute atomic E-state index is 0.521. The quantitative estimate of drug-likeness (QED) is 0.858. The molecular formula is C12H13Cl2N3S. The molecule has 1 saturated carbocycles. The highest BCUT2D eigenvalue weighted by Crippen LogP contribution is 2.37. The van der Waals surface area contributed by atoms with Crippen LogP contribution >= 0.6 is 34.5 Å². The highest BCUT2D eigenvalue weighted by molar-refractivity contribution is 7.20. The van der Waals surface area contributed by atoms with Crippen molar-refractivity contribution in [2.75, 3.05) is 0 Å². The minimum atomic E-state index is 0.521. The van der Waals surface area contributed by atoms with Crippen LogP contribution in [0.2, 0.25) is 8.67 Å². The Morgan fingerprint density at radius 1 is 1.22 bits per heavy atom. The molecular weight excluding hydrogens is 289 g/mol. The molecule has 2 aromatic heterocycles. The summed E-state index contributed by atoms with van der Waals surface area (Å²) in [5.41, 5.74) is 0.824. The summed E-state index contributed by atoms with van der Waals surface area (Å²) in [4.78, 5) is 4.58. The Morgan fingerprint density at radius 3 is 2.67 bits per heavy atom. The van der Waals surface area contributed by atoms with Gasteiger partial charge in [-0.3, -0.25) is 5.10 Å². The molecule has 0 unspecified atom stereocenters. The molecule has 2 heterocycles. The van der Waals surface area contributed by atoms with Crippen LogP contribution in [0.1, 0.15) is 43.8 Å². The van der Waals surface area contributed by atoms with Gasteiger partial charge in [0.2, 0.25) is 0 Å². The summed E-state index contributed by atoms with van der Waals surface area (Å²) in [5.74, 6) is 2.17. The van der Waals surface area contributed by atoms with E-state index in [1.807, 2.05) is 6.07 Å². The van der Waals surface area contributed by atoms with Crippen molar-refractivity contribution in [2.45, 2.75) is 38.0 Å². The predicted octanol–water partition coefficient (Wildman–Crippen LogP) is 4.89. The topological polar surface area (TPSA) is 41.6 Å². The molecule has 0 radical (unpaired) electrons. The van der Waals surface area contributed by atoms with Crippen LogP contribution in [0.4, 0.5) is 0 Å². The normalized spacial score (nSPS) is 17.2. The summed E-state index contributed by atoms with van der Waals surface area (Å²) in [6.07, 6.45) is 6.31. The van der Waals surface area contributed by atoms with Gasteiger partial charge in [-0.05, 0) is 18.9 Å². The van der Waals surface area contributed by atoms with E-state index < -0.39 is 0 Å². The molecule has 3 rings (SSSR count). The summed E-state index contributed by atoms with van der Waals surface area (Å²) in [7, 11) is 0. The van der Waals surface area contributed by atoms with E-state index >= 15 is 0 Å². The van der Waals surface area contributed by atoms with Crippen LogP contribution in [0.5, 0.6) is 0 Å². The molecule has 1 N–H and O–H groups in total. The number of nitrogens with zero attached hydrogens (tertiary/aromatic N) is 2. The molecule has 6 heteroatoms. The molecule has 3 nitrogen and oxygen atoms in total. The number of aromatic nitrogens is 3. The number of nitrogens with one attached hydrogen (secondary N) is 1. The summed E-state index contributed by atoms with van der Waals surface area (Å²) in [6.45, 7) is 0. The lowest BCUT2D eigenvalue weighted by atomic mass is 9.89. The van der Waals surface area contributed by atoms with Crippen molar-refractivity contribution in [3.05, 3.63) is 20.6 Å². The number of H-pyrrole nitrogens is 1. The van der Waals surface area contributed by atoms with E-state index in [-0.39, 0.29) is 0 Å². The van der Waals surface area contributed by atoms with Crippen LogP contribution in [-0.4, -0.2) is 15.2 Å². The van der Waals surface area contributed by atoms with Gasteiger partial charge in [-0.1, -0.05) is 42.5 Å². The lowest BCUT2D eigenvalue weighted by molar-refractivity contribution is 0.429. The third kappa shape index (κ3) is 2.42. The fourth-order valence-corrected chi connectivity index (χ4v) is 3.90. The van der Waals surface area contributed by atoms with Gasteiger partial charge in [0.05, 0.1) is 9.90 Å². The Morgan fingerprint density at radius 2 is 2.00 bits per heavy atom. The van der Waals surface area contributed by atoms with E-state index in [4.69, 9.17) is 23.2 Å². The van der Waals surface area contributed by atoms with Gasteiger partial charge in [-0.25, -0.2) is 4.98 Å². The highest BCUT2D eigenvalue weighted by Gasteiger charge is 2.20. The maximum atomic E-state index is 6.11. The standard InChI is InChI=1S/C12H13Cl2N3S/c13-9-6-8(10(14)18-9)12-15-11(16-17-12)7-4-2-1-3-5-7/h6-7H,1-5H2,(H,15,16,17). The Hall–Kier alpha value is -0.580. The van der Waals surface area contributed by atoms with Crippen LogP contribution in [-0.2, 0) is 0 Å². The van der Waals surface area contributed by atoms with E-state index in [2.05, 4.69) is 15.2 Å². The largest absolute Gasteiger partial charge is 0.262 e. The Kier molecular flexibility index (Phi) is 3.59. The predicted molar refractivity (Wildman–Crippen MR) is 75.5 cm³/mol. The number of hydrogen-bond donors (Lipinski definition) is 1. The van der Waals surface area contributed by atoms with E-state index in [9.17, 15) is 0 Å². The third-order valence-electron chi connectivity index (χ3n) is 3.39. The molecule has 1 aliphatic rings. The molecule has 0 bridgehead atoms. The Bertz CT molecular complexity index is 543. The Balaban J connectivity index is 1.86. The second-order valence-electron chi connectivity index (χ2n) is 4.62. The molecule has 96 valence electrons. The van der Waals surface area contributed by atoms with Gasteiger partial charge in [0.15, 0.2) is 5.82 Å². The lowest BCUT2D eigenvalue weighted by Crippen LogP contribution is -2.06. The molecule has 2 aromatic rings. The van der Waals surface area contributed by atoms with E-state index in [0.29, 0.717) is 20.4 Å². The van der Waals surface area contributed by atoms with Crippen molar-refractivity contribution in [1.29, 1.82) is 0 Å². The average Bonchev–Trinajstić information content (AvgIpc) is 2.97. The van der Waals surface area contributed by atoms with Gasteiger partial charge in [-0.2, -0.15) is 5.10 Å². The molecule has 0 spiro atoms. The van der Waals surface area contributed by atoms with Gasteiger partial charge < -0.3 is 0 Å². The summed E-state index contributed by atoms with van der Waals surface area (Å²) in [5, 5.41) is 7.32. The van der Waals surface area contributed by atoms with Crippen molar-refractivity contribution in [2.24, 2.45) is 0 Å². The van der Waals surface area contributed by atoms with Crippen LogP contribution in [0, 0.1) is 0 Å². The zero-order valence-corrected chi connectivity index (χ0v) is 12.1. The number of rotatable bonds is 2. The van der Waals surface area contributed by atoms with Gasteiger partial charge in [-0.15, -0.1) is 11.3 Å². The molecule has 1 fully saturated rings. The lowest BCUT2D eigenvalue weighted by Gasteiger charge is -2.18. The monoisotopic (exact) mass is 301 g/mol. The van der Waals surface area contributed by atoms with Gasteiger partial charge in [0, 0.05) is 5.92 Å². The molecule has 0 aromatic carbocycles. The molecule has 0 saturated heterocycles. The van der Waals surface area contributed by atoms with E-state index in [1.165, 1.54) is 43.4 Å². The van der Waals surface area contributed by atoms with E-state index in [0.717, 1.165) is 11.4 Å². The first-order valence-electron chi connectivity index (χ1n) is 6.11. The zero-order valence-electron chi connectivity index (χ0n) is 9.75. The molecule has 0 aliphatic heterocycles. The van der Waals surface area contributed by atoms with Crippen molar-refractivity contribution < 1.29 is 0 Å². The first-order chi connectivity index (χ1) is 8.74. The molecule has 0 atom stereocenters. The summed E-state index contributed by atoms with van der Waals surface area (Å²) < 4.78 is 1.31. The first kappa shape index (κ1) is 12.5. The summed E-state index contributed by atoms with van der Waals surface area (Å²) >= 11 is 13.4. The zero-order chi connectivity index (χ0) is 12.5. The minimum Gasteiger partial charge on any atom is -0.262 e. The smallest absolute Gasteiger partial charge is 0.183 e. The van der Waals surface area contributed by atoms with Crippen molar-refractivity contribution in [3.8, 4) is 11.4 Å². The van der Waals surface area contributed by atoms with Gasteiger partial charge in [0.25, 0.3) is 0 Å². The maximum Gasteiger partial charge on any atom is 0.183 e. The van der Waals surface area contributed by atoms with Crippen LogP contribution in [0.25, 0.3) is 11.4 Å². The number of thiophene rings is 1. The van der Waals surface area contributed by atoms with Crippen LogP contribution < -0.4 is 0 Å². The number of halogens is 2. The third-order valence-corrected chi connectivity index (χ3v) is 4.88. The molecule has 1 aliphatic carbocycles. The fraction of sp³-hybridized carbons (Fsp3) is 0.500. The second-order valence-corrected chi connectivity index (χ2v) is 6.90. The molecule has 0 amide bonds. The maximum absolute atomic E-state index is 6.11. The average molecular weight is 302 g/mol. The SMILES string of the molecule is Clc1cc(-c2n[nH]c(C3CCCCC3)n2)c(Cl)s1. The summed E-state index contributed by atoms with van der Waals surface area (Å²) in [6, 6.07) is 1.82. The number of aromatic amines is 1. The Labute approximate surface area is 120 Å². The van der Waals surface area contributed by atoms with Gasteiger partial charge >= 0.3 is 0 Å².